The van der Waals surface area contributed by atoms with Gasteiger partial charge in [-0.1, -0.05) is 19.3 Å². The monoisotopic (exact) mass is 346 g/mol. The maximum Gasteiger partial charge on any atom is 0.180 e. The zero-order valence-electron chi connectivity index (χ0n) is 15.5. The van der Waals surface area contributed by atoms with E-state index in [0.717, 1.165) is 32.2 Å². The summed E-state index contributed by atoms with van der Waals surface area (Å²) in [5, 5.41) is 0. The molecule has 0 N–H and O–H groups in total. The molecule has 1 saturated carbocycles. The molecule has 0 bridgehead atoms. The van der Waals surface area contributed by atoms with Crippen molar-refractivity contribution in [1.29, 1.82) is 0 Å². The third-order valence-corrected chi connectivity index (χ3v) is 5.57. The van der Waals surface area contributed by atoms with Crippen LogP contribution in [0.4, 0.5) is 0 Å². The standard InChI is InChI=1S/C20H30N2O3/c1-24-17-8-9-20(25-2)18(14-17)19(23)15-21-10-12-22(13-11-21)16-6-4-3-5-7-16/h8-9,14,16H,3-7,10-13,15H2,1-2H3. The van der Waals surface area contributed by atoms with Crippen LogP contribution in [0.15, 0.2) is 18.2 Å². The van der Waals surface area contributed by atoms with Gasteiger partial charge in [0, 0.05) is 32.2 Å². The number of carbonyl (C=O) groups excluding carboxylic acids is 1. The fourth-order valence-electron chi connectivity index (χ4n) is 4.05. The summed E-state index contributed by atoms with van der Waals surface area (Å²) in [4.78, 5) is 17.6. The van der Waals surface area contributed by atoms with Crippen molar-refractivity contribution < 1.29 is 14.3 Å². The van der Waals surface area contributed by atoms with Gasteiger partial charge in [0.1, 0.15) is 11.5 Å². The quantitative estimate of drug-likeness (QED) is 0.741. The molecule has 0 spiro atoms. The zero-order valence-corrected chi connectivity index (χ0v) is 15.5. The molecule has 0 amide bonds. The Morgan fingerprint density at radius 1 is 1.04 bits per heavy atom. The number of rotatable bonds is 6. The van der Waals surface area contributed by atoms with Crippen LogP contribution in [-0.2, 0) is 0 Å². The Hall–Kier alpha value is -1.59. The molecule has 2 fully saturated rings. The van der Waals surface area contributed by atoms with Crippen molar-refractivity contribution >= 4 is 5.78 Å². The van der Waals surface area contributed by atoms with Crippen molar-refractivity contribution in [2.45, 2.75) is 38.1 Å². The Morgan fingerprint density at radius 3 is 2.40 bits per heavy atom. The summed E-state index contributed by atoms with van der Waals surface area (Å²) in [6.07, 6.45) is 6.84. The highest BCUT2D eigenvalue weighted by Crippen LogP contribution is 2.26. The molecule has 1 saturated heterocycles. The third-order valence-electron chi connectivity index (χ3n) is 5.57. The zero-order chi connectivity index (χ0) is 17.6. The molecule has 0 radical (unpaired) electrons. The van der Waals surface area contributed by atoms with Gasteiger partial charge in [-0.2, -0.15) is 0 Å². The molecule has 5 heteroatoms. The van der Waals surface area contributed by atoms with Gasteiger partial charge in [-0.3, -0.25) is 14.6 Å². The molecule has 0 atom stereocenters. The summed E-state index contributed by atoms with van der Waals surface area (Å²) in [6.45, 7) is 4.53. The summed E-state index contributed by atoms with van der Waals surface area (Å²) >= 11 is 0. The molecule has 0 unspecified atom stereocenters. The lowest BCUT2D eigenvalue weighted by molar-refractivity contribution is 0.0689. The molecule has 1 aliphatic heterocycles. The number of hydrogen-bond donors (Lipinski definition) is 0. The lowest BCUT2D eigenvalue weighted by Gasteiger charge is -2.40. The van der Waals surface area contributed by atoms with E-state index in [-0.39, 0.29) is 5.78 Å². The molecule has 1 aliphatic carbocycles. The summed E-state index contributed by atoms with van der Waals surface area (Å²) in [7, 11) is 3.21. The van der Waals surface area contributed by atoms with Crippen LogP contribution in [0, 0.1) is 0 Å². The summed E-state index contributed by atoms with van der Waals surface area (Å²) in [5.41, 5.74) is 0.608. The average Bonchev–Trinajstić information content (AvgIpc) is 2.68. The molecule has 1 heterocycles. The number of ketones is 1. The number of methoxy groups -OCH3 is 2. The SMILES string of the molecule is COc1ccc(OC)c(C(=O)CN2CCN(C3CCCCC3)CC2)c1. The van der Waals surface area contributed by atoms with Crippen LogP contribution in [0.2, 0.25) is 0 Å². The van der Waals surface area contributed by atoms with Gasteiger partial charge in [0.25, 0.3) is 0 Å². The van der Waals surface area contributed by atoms with Gasteiger partial charge in [0.15, 0.2) is 5.78 Å². The maximum absolute atomic E-state index is 12.8. The predicted octanol–water partition coefficient (Wildman–Crippen LogP) is 2.84. The second-order valence-electron chi connectivity index (χ2n) is 7.09. The van der Waals surface area contributed by atoms with Gasteiger partial charge < -0.3 is 9.47 Å². The van der Waals surface area contributed by atoms with E-state index in [9.17, 15) is 4.79 Å². The number of nitrogens with zero attached hydrogens (tertiary/aromatic N) is 2. The molecule has 1 aromatic carbocycles. The second kappa shape index (κ2) is 8.68. The fraction of sp³-hybridized carbons (Fsp3) is 0.650. The van der Waals surface area contributed by atoms with Gasteiger partial charge in [-0.15, -0.1) is 0 Å². The Kier molecular flexibility index (Phi) is 6.32. The van der Waals surface area contributed by atoms with Crippen molar-refractivity contribution in [2.24, 2.45) is 0 Å². The number of Topliss-reactive ketones (excluding diaryl/α,β-unsaturated/α-hetero) is 1. The van der Waals surface area contributed by atoms with Gasteiger partial charge in [-0.05, 0) is 31.0 Å². The van der Waals surface area contributed by atoms with Crippen LogP contribution in [0.25, 0.3) is 0 Å². The Labute approximate surface area is 150 Å². The Morgan fingerprint density at radius 2 is 1.76 bits per heavy atom. The first-order valence-electron chi connectivity index (χ1n) is 9.43. The van der Waals surface area contributed by atoms with Crippen LogP contribution in [0.1, 0.15) is 42.5 Å². The first kappa shape index (κ1) is 18.2. The molecule has 25 heavy (non-hydrogen) atoms. The van der Waals surface area contributed by atoms with Crippen LogP contribution < -0.4 is 9.47 Å². The van der Waals surface area contributed by atoms with E-state index >= 15 is 0 Å². The minimum Gasteiger partial charge on any atom is -0.497 e. The Balaban J connectivity index is 1.55. The van der Waals surface area contributed by atoms with Crippen molar-refractivity contribution in [3.63, 3.8) is 0 Å². The van der Waals surface area contributed by atoms with Gasteiger partial charge >= 0.3 is 0 Å². The molecule has 5 nitrogen and oxygen atoms in total. The highest BCUT2D eigenvalue weighted by Gasteiger charge is 2.26. The lowest BCUT2D eigenvalue weighted by Crippen LogP contribution is -2.51. The van der Waals surface area contributed by atoms with Gasteiger partial charge in [0.2, 0.25) is 0 Å². The van der Waals surface area contributed by atoms with Crippen molar-refractivity contribution in [1.82, 2.24) is 9.80 Å². The van der Waals surface area contributed by atoms with Crippen molar-refractivity contribution in [3.05, 3.63) is 23.8 Å². The summed E-state index contributed by atoms with van der Waals surface area (Å²) < 4.78 is 10.6. The average molecular weight is 346 g/mol. The maximum atomic E-state index is 12.8. The van der Waals surface area contributed by atoms with E-state index in [2.05, 4.69) is 9.80 Å². The molecule has 138 valence electrons. The summed E-state index contributed by atoms with van der Waals surface area (Å²) in [6, 6.07) is 6.16. The highest BCUT2D eigenvalue weighted by molar-refractivity contribution is 6.00. The molecular formula is C20H30N2O3. The molecule has 2 aliphatic rings. The molecular weight excluding hydrogens is 316 g/mol. The van der Waals surface area contributed by atoms with Crippen molar-refractivity contribution in [3.8, 4) is 11.5 Å². The van der Waals surface area contributed by atoms with Crippen LogP contribution in [0.5, 0.6) is 11.5 Å². The van der Waals surface area contributed by atoms with Crippen LogP contribution >= 0.6 is 0 Å². The predicted molar refractivity (Wildman–Crippen MR) is 98.8 cm³/mol. The number of benzene rings is 1. The minimum absolute atomic E-state index is 0.0990. The Bertz CT molecular complexity index is 576. The normalized spacial score (nSPS) is 20.4. The molecule has 1 aromatic rings. The number of carbonyl (C=O) groups is 1. The number of piperazine rings is 1. The highest BCUT2D eigenvalue weighted by atomic mass is 16.5. The van der Waals surface area contributed by atoms with Crippen molar-refractivity contribution in [2.75, 3.05) is 46.9 Å². The first-order valence-corrected chi connectivity index (χ1v) is 9.43. The van der Waals surface area contributed by atoms with Gasteiger partial charge in [0.05, 0.1) is 26.3 Å². The van der Waals surface area contributed by atoms with Crippen LogP contribution in [0.3, 0.4) is 0 Å². The fourth-order valence-corrected chi connectivity index (χ4v) is 4.05. The first-order chi connectivity index (χ1) is 12.2. The minimum atomic E-state index is 0.0990. The topological polar surface area (TPSA) is 42.0 Å². The third kappa shape index (κ3) is 4.53. The van der Waals surface area contributed by atoms with E-state index in [1.165, 1.54) is 32.1 Å². The van der Waals surface area contributed by atoms with Gasteiger partial charge in [-0.25, -0.2) is 0 Å². The van der Waals surface area contributed by atoms with E-state index < -0.39 is 0 Å². The van der Waals surface area contributed by atoms with E-state index in [4.69, 9.17) is 9.47 Å². The summed E-state index contributed by atoms with van der Waals surface area (Å²) in [5.74, 6) is 1.40. The largest absolute Gasteiger partial charge is 0.497 e. The smallest absolute Gasteiger partial charge is 0.180 e. The van der Waals surface area contributed by atoms with E-state index in [0.29, 0.717) is 23.6 Å². The van der Waals surface area contributed by atoms with E-state index in [1.807, 2.05) is 6.07 Å². The number of hydrogen-bond acceptors (Lipinski definition) is 5. The molecule has 3 rings (SSSR count). The molecule has 0 aromatic heterocycles. The second-order valence-corrected chi connectivity index (χ2v) is 7.09. The van der Waals surface area contributed by atoms with Crippen LogP contribution in [-0.4, -0.2) is 68.6 Å². The number of ether oxygens (including phenoxy) is 2. The lowest BCUT2D eigenvalue weighted by atomic mass is 9.94. The van der Waals surface area contributed by atoms with E-state index in [1.54, 1.807) is 26.4 Å².